The van der Waals surface area contributed by atoms with Gasteiger partial charge >= 0.3 is 23.1 Å². The SMILES string of the molecule is [Br-].[CH2-]C#CCCCC.[Mg+2]. The van der Waals surface area contributed by atoms with E-state index in [1.807, 2.05) is 0 Å². The zero-order valence-corrected chi connectivity index (χ0v) is 8.91. The van der Waals surface area contributed by atoms with Gasteiger partial charge in [-0.15, -0.1) is 0 Å². The summed E-state index contributed by atoms with van der Waals surface area (Å²) in [5.74, 6) is 5.49. The molecule has 0 saturated carbocycles. The van der Waals surface area contributed by atoms with E-state index in [0.29, 0.717) is 0 Å². The summed E-state index contributed by atoms with van der Waals surface area (Å²) in [7, 11) is 0. The molecule has 0 bridgehead atoms. The fourth-order valence-corrected chi connectivity index (χ4v) is 0.354. The van der Waals surface area contributed by atoms with Crippen molar-refractivity contribution in [1.82, 2.24) is 0 Å². The quantitative estimate of drug-likeness (QED) is 0.223. The average molecular weight is 199 g/mol. The molecule has 0 aromatic rings. The molecule has 0 N–H and O–H groups in total. The van der Waals surface area contributed by atoms with Gasteiger partial charge in [-0.2, -0.15) is 6.92 Å². The van der Waals surface area contributed by atoms with Gasteiger partial charge < -0.3 is 22.9 Å². The van der Waals surface area contributed by atoms with Crippen molar-refractivity contribution in [3.05, 3.63) is 6.92 Å². The van der Waals surface area contributed by atoms with Crippen LogP contribution in [0.1, 0.15) is 26.2 Å². The van der Waals surface area contributed by atoms with Gasteiger partial charge in [-0.3, -0.25) is 5.92 Å². The van der Waals surface area contributed by atoms with Crippen LogP contribution in [0, 0.1) is 18.8 Å². The molecule has 0 unspecified atom stereocenters. The van der Waals surface area contributed by atoms with Crippen molar-refractivity contribution in [2.75, 3.05) is 0 Å². The van der Waals surface area contributed by atoms with Crippen molar-refractivity contribution < 1.29 is 17.0 Å². The minimum absolute atomic E-state index is 0. The first-order valence-corrected chi connectivity index (χ1v) is 2.66. The molecule has 0 heterocycles. The van der Waals surface area contributed by atoms with E-state index >= 15 is 0 Å². The third-order valence-corrected chi connectivity index (χ3v) is 0.780. The van der Waals surface area contributed by atoms with Crippen LogP contribution in [0.5, 0.6) is 0 Å². The first-order valence-electron chi connectivity index (χ1n) is 2.66. The molecule has 0 aliphatic rings. The Hall–Kier alpha value is 0.676. The second-order valence-corrected chi connectivity index (χ2v) is 1.46. The summed E-state index contributed by atoms with van der Waals surface area (Å²) < 4.78 is 0. The fraction of sp³-hybridized carbons (Fsp3) is 0.571. The van der Waals surface area contributed by atoms with Gasteiger partial charge in [0.25, 0.3) is 0 Å². The standard InChI is InChI=1S/C7H11.BrH.Mg/c1-3-5-7-6-4-2;;/h1,4,6-7H2,2H3;1H;/q-1;;+2/p-1. The van der Waals surface area contributed by atoms with Crippen LogP contribution in [0.4, 0.5) is 0 Å². The normalized spacial score (nSPS) is 5.44. The third kappa shape index (κ3) is 17.7. The molecule has 0 aromatic heterocycles. The molecule has 0 nitrogen and oxygen atoms in total. The van der Waals surface area contributed by atoms with Gasteiger partial charge in [0.05, 0.1) is 0 Å². The molecule has 0 rings (SSSR count). The van der Waals surface area contributed by atoms with Crippen molar-refractivity contribution in [3.63, 3.8) is 0 Å². The van der Waals surface area contributed by atoms with Crippen LogP contribution >= 0.6 is 0 Å². The molecule has 0 aromatic carbocycles. The predicted octanol–water partition coefficient (Wildman–Crippen LogP) is -1.36. The maximum absolute atomic E-state index is 3.40. The Morgan fingerprint density at radius 1 is 1.44 bits per heavy atom. The Balaban J connectivity index is -0.000000180. The van der Waals surface area contributed by atoms with Crippen LogP contribution in [0.25, 0.3) is 0 Å². The van der Waals surface area contributed by atoms with Gasteiger partial charge in [-0.1, -0.05) is 26.2 Å². The van der Waals surface area contributed by atoms with Gasteiger partial charge in [-0.25, -0.2) is 0 Å². The predicted molar refractivity (Wildman–Crippen MR) is 38.4 cm³/mol. The molecular weight excluding hydrogens is 188 g/mol. The average Bonchev–Trinajstić information content (AvgIpc) is 1.69. The summed E-state index contributed by atoms with van der Waals surface area (Å²) in [4.78, 5) is 0. The monoisotopic (exact) mass is 198 g/mol. The Labute approximate surface area is 84.7 Å². The van der Waals surface area contributed by atoms with Gasteiger partial charge in [0.15, 0.2) is 0 Å². The summed E-state index contributed by atoms with van der Waals surface area (Å²) in [6, 6.07) is 0. The van der Waals surface area contributed by atoms with Crippen molar-refractivity contribution in [1.29, 1.82) is 0 Å². The smallest absolute Gasteiger partial charge is 1.00 e. The summed E-state index contributed by atoms with van der Waals surface area (Å²) in [5.41, 5.74) is 0. The van der Waals surface area contributed by atoms with E-state index in [4.69, 9.17) is 0 Å². The number of halogens is 1. The summed E-state index contributed by atoms with van der Waals surface area (Å²) in [6.07, 6.45) is 3.46. The zero-order valence-electron chi connectivity index (χ0n) is 5.91. The topological polar surface area (TPSA) is 0 Å². The van der Waals surface area contributed by atoms with Crippen LogP contribution in [0.2, 0.25) is 0 Å². The number of hydrogen-bond acceptors (Lipinski definition) is 0. The van der Waals surface area contributed by atoms with Crippen molar-refractivity contribution in [2.45, 2.75) is 26.2 Å². The maximum atomic E-state index is 3.40. The van der Waals surface area contributed by atoms with Crippen LogP contribution in [-0.2, 0) is 0 Å². The maximum Gasteiger partial charge on any atom is 2.00 e. The second kappa shape index (κ2) is 15.9. The minimum Gasteiger partial charge on any atom is -1.00 e. The van der Waals surface area contributed by atoms with E-state index in [-0.39, 0.29) is 40.0 Å². The van der Waals surface area contributed by atoms with E-state index < -0.39 is 0 Å². The van der Waals surface area contributed by atoms with Crippen LogP contribution < -0.4 is 17.0 Å². The van der Waals surface area contributed by atoms with Crippen molar-refractivity contribution in [3.8, 4) is 11.8 Å². The van der Waals surface area contributed by atoms with Crippen LogP contribution in [0.3, 0.4) is 0 Å². The Kier molecular flexibility index (Phi) is 28.8. The molecule has 0 saturated heterocycles. The van der Waals surface area contributed by atoms with E-state index in [1.54, 1.807) is 0 Å². The number of rotatable bonds is 2. The molecule has 0 radical (unpaired) electrons. The first-order chi connectivity index (χ1) is 3.41. The van der Waals surface area contributed by atoms with Crippen LogP contribution in [0.15, 0.2) is 0 Å². The van der Waals surface area contributed by atoms with Gasteiger partial charge in [-0.05, 0) is 0 Å². The summed E-state index contributed by atoms with van der Waals surface area (Å²) in [6.45, 7) is 5.55. The number of unbranched alkanes of at least 4 members (excludes halogenated alkanes) is 2. The van der Waals surface area contributed by atoms with Gasteiger partial charge in [0.1, 0.15) is 0 Å². The van der Waals surface area contributed by atoms with Gasteiger partial charge in [0, 0.05) is 0 Å². The molecular formula is C7H11BrMg. The Morgan fingerprint density at radius 3 is 2.33 bits per heavy atom. The van der Waals surface area contributed by atoms with Crippen LogP contribution in [-0.4, -0.2) is 23.1 Å². The largest absolute Gasteiger partial charge is 2.00 e. The van der Waals surface area contributed by atoms with E-state index in [1.165, 1.54) is 12.8 Å². The molecule has 0 atom stereocenters. The third-order valence-electron chi connectivity index (χ3n) is 0.780. The Bertz CT molecular complexity index is 80.7. The molecule has 0 aliphatic carbocycles. The first kappa shape index (κ1) is 16.3. The Morgan fingerprint density at radius 2 is 2.00 bits per heavy atom. The molecule has 0 spiro atoms. The number of hydrogen-bond donors (Lipinski definition) is 0. The van der Waals surface area contributed by atoms with E-state index in [0.717, 1.165) is 6.42 Å². The summed E-state index contributed by atoms with van der Waals surface area (Å²) >= 11 is 0. The minimum atomic E-state index is 0. The summed E-state index contributed by atoms with van der Waals surface area (Å²) in [5, 5.41) is 0. The molecule has 0 fully saturated rings. The second-order valence-electron chi connectivity index (χ2n) is 1.46. The zero-order chi connectivity index (χ0) is 5.54. The molecule has 0 amide bonds. The van der Waals surface area contributed by atoms with Crippen molar-refractivity contribution >= 4 is 23.1 Å². The van der Waals surface area contributed by atoms with E-state index in [9.17, 15) is 0 Å². The van der Waals surface area contributed by atoms with Gasteiger partial charge in [0.2, 0.25) is 0 Å². The molecule has 9 heavy (non-hydrogen) atoms. The van der Waals surface area contributed by atoms with Crippen molar-refractivity contribution in [2.24, 2.45) is 0 Å². The van der Waals surface area contributed by atoms with E-state index in [2.05, 4.69) is 25.7 Å². The molecule has 48 valence electrons. The molecule has 2 heteroatoms. The molecule has 0 aliphatic heterocycles. The fourth-order valence-electron chi connectivity index (χ4n) is 0.354.